The highest BCUT2D eigenvalue weighted by Crippen LogP contribution is 2.30. The quantitative estimate of drug-likeness (QED) is 0.815. The highest BCUT2D eigenvalue weighted by Gasteiger charge is 2.19. The average molecular weight is 295 g/mol. The maximum absolute atomic E-state index is 11.5. The average Bonchev–Trinajstić information content (AvgIpc) is 2.62. The molecule has 0 N–H and O–H groups in total. The fraction of sp³-hybridized carbons (Fsp3) is 0.222. The summed E-state index contributed by atoms with van der Waals surface area (Å²) >= 11 is 5.96. The Morgan fingerprint density at radius 3 is 2.76 bits per heavy atom. The first kappa shape index (κ1) is 12.6. The summed E-state index contributed by atoms with van der Waals surface area (Å²) in [6.45, 7) is 0.114. The zero-order valence-electron chi connectivity index (χ0n) is 8.72. The molecule has 0 unspecified atom stereocenters. The highest BCUT2D eigenvalue weighted by atomic mass is 35.7. The molecular formula is C9H8Cl2N2O3S. The maximum Gasteiger partial charge on any atom is 0.263 e. The van der Waals surface area contributed by atoms with E-state index in [1.165, 1.54) is 30.1 Å². The molecule has 1 aromatic heterocycles. The molecule has 8 heteroatoms. The molecule has 0 amide bonds. The zero-order chi connectivity index (χ0) is 12.6. The van der Waals surface area contributed by atoms with Gasteiger partial charge in [0.15, 0.2) is 0 Å². The molecule has 0 aliphatic carbocycles. The Balaban J connectivity index is 2.85. The van der Waals surface area contributed by atoms with Crippen LogP contribution < -0.4 is 0 Å². The van der Waals surface area contributed by atoms with Gasteiger partial charge in [-0.3, -0.25) is 0 Å². The summed E-state index contributed by atoms with van der Waals surface area (Å²) in [5.74, 6) is 0. The van der Waals surface area contributed by atoms with Gasteiger partial charge in [0.2, 0.25) is 0 Å². The summed E-state index contributed by atoms with van der Waals surface area (Å²) in [7, 11) is 2.99. The monoisotopic (exact) mass is 294 g/mol. The lowest BCUT2D eigenvalue weighted by Gasteiger charge is -2.05. The Hall–Kier alpha value is -0.820. The first-order valence-electron chi connectivity index (χ1n) is 4.53. The molecule has 0 bridgehead atoms. The summed E-state index contributed by atoms with van der Waals surface area (Å²) in [4.78, 5) is -0.0342. The second kappa shape index (κ2) is 4.45. The number of rotatable bonds is 3. The second-order valence-corrected chi connectivity index (χ2v) is 6.25. The number of benzene rings is 1. The SMILES string of the molecule is COCn1ncc2c(Cl)ccc(S(=O)(=O)Cl)c21. The molecule has 2 rings (SSSR count). The molecule has 0 saturated carbocycles. The van der Waals surface area contributed by atoms with Crippen molar-refractivity contribution < 1.29 is 13.2 Å². The number of nitrogens with zero attached hydrogens (tertiary/aromatic N) is 2. The molecule has 1 aromatic carbocycles. The van der Waals surface area contributed by atoms with Gasteiger partial charge in [0.05, 0.1) is 16.7 Å². The third-order valence-corrected chi connectivity index (χ3v) is 3.91. The van der Waals surface area contributed by atoms with Gasteiger partial charge in [0.25, 0.3) is 9.05 Å². The van der Waals surface area contributed by atoms with Crippen LogP contribution >= 0.6 is 22.3 Å². The van der Waals surface area contributed by atoms with Gasteiger partial charge < -0.3 is 4.74 Å². The molecular weight excluding hydrogens is 287 g/mol. The summed E-state index contributed by atoms with van der Waals surface area (Å²) in [5.41, 5.74) is 0.342. The molecule has 0 saturated heterocycles. The largest absolute Gasteiger partial charge is 0.362 e. The van der Waals surface area contributed by atoms with Crippen molar-refractivity contribution in [1.82, 2.24) is 9.78 Å². The molecule has 0 aliphatic heterocycles. The number of hydrogen-bond donors (Lipinski definition) is 0. The minimum Gasteiger partial charge on any atom is -0.362 e. The van der Waals surface area contributed by atoms with Crippen molar-refractivity contribution in [2.24, 2.45) is 0 Å². The third-order valence-electron chi connectivity index (χ3n) is 2.23. The van der Waals surface area contributed by atoms with Crippen molar-refractivity contribution >= 4 is 42.2 Å². The summed E-state index contributed by atoms with van der Waals surface area (Å²) in [6.07, 6.45) is 1.47. The third kappa shape index (κ3) is 2.26. The molecule has 0 atom stereocenters. The first-order chi connectivity index (χ1) is 7.95. The molecule has 0 radical (unpaired) electrons. The van der Waals surface area contributed by atoms with Gasteiger partial charge in [-0.25, -0.2) is 13.1 Å². The number of fused-ring (bicyclic) bond motifs is 1. The predicted octanol–water partition coefficient (Wildman–Crippen LogP) is 2.22. The van der Waals surface area contributed by atoms with Gasteiger partial charge in [-0.2, -0.15) is 5.10 Å². The number of methoxy groups -OCH3 is 1. The Kier molecular flexibility index (Phi) is 3.31. The maximum atomic E-state index is 11.5. The summed E-state index contributed by atoms with van der Waals surface area (Å²) < 4.78 is 29.2. The molecule has 0 aliphatic rings. The van der Waals surface area contributed by atoms with Crippen LogP contribution in [0.15, 0.2) is 23.2 Å². The molecule has 2 aromatic rings. The van der Waals surface area contributed by atoms with Gasteiger partial charge in [0.1, 0.15) is 11.6 Å². The molecule has 92 valence electrons. The van der Waals surface area contributed by atoms with Crippen LogP contribution in [0, 0.1) is 0 Å². The van der Waals surface area contributed by atoms with Crippen molar-refractivity contribution in [3.05, 3.63) is 23.4 Å². The van der Waals surface area contributed by atoms with E-state index < -0.39 is 9.05 Å². The minimum absolute atomic E-state index is 0.0342. The Labute approximate surface area is 107 Å². The van der Waals surface area contributed by atoms with Crippen LogP contribution in [-0.4, -0.2) is 25.3 Å². The Morgan fingerprint density at radius 2 is 2.18 bits per heavy atom. The van der Waals surface area contributed by atoms with E-state index in [4.69, 9.17) is 27.0 Å². The number of ether oxygens (including phenoxy) is 1. The van der Waals surface area contributed by atoms with Gasteiger partial charge >= 0.3 is 0 Å². The fourth-order valence-corrected chi connectivity index (χ4v) is 2.81. The predicted molar refractivity (Wildman–Crippen MR) is 64.8 cm³/mol. The van der Waals surface area contributed by atoms with Crippen molar-refractivity contribution in [1.29, 1.82) is 0 Å². The van der Waals surface area contributed by atoms with E-state index in [2.05, 4.69) is 5.10 Å². The van der Waals surface area contributed by atoms with Gasteiger partial charge in [-0.05, 0) is 12.1 Å². The lowest BCUT2D eigenvalue weighted by molar-refractivity contribution is 0.124. The van der Waals surface area contributed by atoms with Crippen molar-refractivity contribution in [3.8, 4) is 0 Å². The van der Waals surface area contributed by atoms with Crippen LogP contribution in [0.1, 0.15) is 0 Å². The fourth-order valence-electron chi connectivity index (χ4n) is 1.55. The van der Waals surface area contributed by atoms with Crippen LogP contribution in [0.5, 0.6) is 0 Å². The molecule has 0 fully saturated rings. The van der Waals surface area contributed by atoms with Gasteiger partial charge in [-0.15, -0.1) is 0 Å². The summed E-state index contributed by atoms with van der Waals surface area (Å²) in [5, 5.41) is 4.93. The van der Waals surface area contributed by atoms with Crippen LogP contribution in [0.25, 0.3) is 10.9 Å². The second-order valence-electron chi connectivity index (χ2n) is 3.31. The van der Waals surface area contributed by atoms with Crippen molar-refractivity contribution in [2.45, 2.75) is 11.6 Å². The number of hydrogen-bond acceptors (Lipinski definition) is 4. The van der Waals surface area contributed by atoms with Gasteiger partial charge in [0, 0.05) is 23.2 Å². The molecule has 17 heavy (non-hydrogen) atoms. The van der Waals surface area contributed by atoms with E-state index in [-0.39, 0.29) is 11.6 Å². The smallest absolute Gasteiger partial charge is 0.263 e. The van der Waals surface area contributed by atoms with Crippen molar-refractivity contribution in [2.75, 3.05) is 7.11 Å². The standard InChI is InChI=1S/C9H8Cl2N2O3S/c1-16-5-13-9-6(4-12-13)7(10)2-3-8(9)17(11,14)15/h2-4H,5H2,1H3. The lowest BCUT2D eigenvalue weighted by atomic mass is 10.2. The Bertz CT molecular complexity index is 666. The Morgan fingerprint density at radius 1 is 1.47 bits per heavy atom. The van der Waals surface area contributed by atoms with Crippen LogP contribution in [-0.2, 0) is 20.5 Å². The summed E-state index contributed by atoms with van der Waals surface area (Å²) in [6, 6.07) is 2.82. The van der Waals surface area contributed by atoms with Crippen LogP contribution in [0.3, 0.4) is 0 Å². The van der Waals surface area contributed by atoms with E-state index in [0.29, 0.717) is 15.9 Å². The molecule has 5 nitrogen and oxygen atoms in total. The normalized spacial score (nSPS) is 12.2. The topological polar surface area (TPSA) is 61.2 Å². The van der Waals surface area contributed by atoms with E-state index >= 15 is 0 Å². The number of aromatic nitrogens is 2. The zero-order valence-corrected chi connectivity index (χ0v) is 11.1. The van der Waals surface area contributed by atoms with E-state index in [0.717, 1.165) is 0 Å². The lowest BCUT2D eigenvalue weighted by Crippen LogP contribution is -2.04. The van der Waals surface area contributed by atoms with Gasteiger partial charge in [-0.1, -0.05) is 11.6 Å². The number of halogens is 2. The first-order valence-corrected chi connectivity index (χ1v) is 7.21. The van der Waals surface area contributed by atoms with E-state index in [1.807, 2.05) is 0 Å². The van der Waals surface area contributed by atoms with Crippen molar-refractivity contribution in [3.63, 3.8) is 0 Å². The molecule has 1 heterocycles. The van der Waals surface area contributed by atoms with E-state index in [9.17, 15) is 8.42 Å². The molecule has 0 spiro atoms. The highest BCUT2D eigenvalue weighted by molar-refractivity contribution is 8.14. The van der Waals surface area contributed by atoms with Crippen LogP contribution in [0.2, 0.25) is 5.02 Å². The van der Waals surface area contributed by atoms with E-state index in [1.54, 1.807) is 0 Å². The van der Waals surface area contributed by atoms with Crippen LogP contribution in [0.4, 0.5) is 0 Å². The minimum atomic E-state index is -3.86.